The molecule has 1 atom stereocenters. The van der Waals surface area contributed by atoms with Crippen LogP contribution in [0.1, 0.15) is 32.6 Å². The Hall–Kier alpha value is -0.590. The van der Waals surface area contributed by atoms with E-state index >= 15 is 0 Å². The minimum atomic E-state index is 0.452. The highest BCUT2D eigenvalue weighted by atomic mass is 16.5. The third kappa shape index (κ3) is 7.76. The van der Waals surface area contributed by atoms with Crippen molar-refractivity contribution in [2.45, 2.75) is 38.6 Å². The van der Waals surface area contributed by atoms with Crippen LogP contribution in [0.2, 0.25) is 0 Å². The predicted molar refractivity (Wildman–Crippen MR) is 53.4 cm³/mol. The number of unbranched alkanes of at least 4 members (excludes halogenated alkanes) is 1. The molecular weight excluding hydrogens is 164 g/mol. The highest BCUT2D eigenvalue weighted by Crippen LogP contribution is 1.97. The molecule has 0 saturated carbocycles. The van der Waals surface area contributed by atoms with Crippen molar-refractivity contribution in [1.82, 2.24) is 5.32 Å². The number of nitriles is 1. The Labute approximate surface area is 81.1 Å². The lowest BCUT2D eigenvalue weighted by Gasteiger charge is -2.16. The lowest BCUT2D eigenvalue weighted by molar-refractivity contribution is 0.162. The molecule has 0 spiro atoms. The van der Waals surface area contributed by atoms with Gasteiger partial charge in [0.1, 0.15) is 0 Å². The van der Waals surface area contributed by atoms with Crippen LogP contribution in [-0.2, 0) is 4.74 Å². The van der Waals surface area contributed by atoms with Gasteiger partial charge in [0.2, 0.25) is 0 Å². The molecule has 13 heavy (non-hydrogen) atoms. The van der Waals surface area contributed by atoms with Crippen molar-refractivity contribution in [2.24, 2.45) is 0 Å². The predicted octanol–water partition coefficient (Wildman–Crippen LogP) is 1.69. The van der Waals surface area contributed by atoms with Gasteiger partial charge in [0.25, 0.3) is 0 Å². The molecular formula is C10H20N2O. The molecule has 0 bridgehead atoms. The van der Waals surface area contributed by atoms with Crippen molar-refractivity contribution >= 4 is 0 Å². The van der Waals surface area contributed by atoms with Gasteiger partial charge in [-0.15, -0.1) is 0 Å². The van der Waals surface area contributed by atoms with E-state index in [1.54, 1.807) is 7.11 Å². The summed E-state index contributed by atoms with van der Waals surface area (Å²) in [6.45, 7) is 3.85. The largest absolute Gasteiger partial charge is 0.383 e. The van der Waals surface area contributed by atoms with Gasteiger partial charge >= 0.3 is 0 Å². The Kier molecular flexibility index (Phi) is 9.07. The molecule has 3 nitrogen and oxygen atoms in total. The summed E-state index contributed by atoms with van der Waals surface area (Å²) in [5.74, 6) is 0. The SMILES string of the molecule is CCCC(COC)NCCCC#N. The molecule has 0 rings (SSSR count). The van der Waals surface area contributed by atoms with Gasteiger partial charge in [-0.1, -0.05) is 13.3 Å². The normalized spacial score (nSPS) is 12.4. The molecule has 3 heteroatoms. The standard InChI is InChI=1S/C10H20N2O/c1-3-6-10(9-13-2)12-8-5-4-7-11/h10,12H,3-6,8-9H2,1-2H3. The number of ether oxygens (including phenoxy) is 1. The molecule has 0 aromatic heterocycles. The Morgan fingerprint density at radius 2 is 2.31 bits per heavy atom. The maximum Gasteiger partial charge on any atom is 0.0622 e. The second-order valence-electron chi connectivity index (χ2n) is 3.16. The smallest absolute Gasteiger partial charge is 0.0622 e. The first-order chi connectivity index (χ1) is 6.35. The fraction of sp³-hybridized carbons (Fsp3) is 0.900. The van der Waals surface area contributed by atoms with Crippen molar-refractivity contribution in [3.05, 3.63) is 0 Å². The van der Waals surface area contributed by atoms with Crippen LogP contribution in [0.15, 0.2) is 0 Å². The van der Waals surface area contributed by atoms with E-state index in [9.17, 15) is 0 Å². The van der Waals surface area contributed by atoms with E-state index in [2.05, 4.69) is 18.3 Å². The number of rotatable bonds is 8. The van der Waals surface area contributed by atoms with E-state index in [0.717, 1.165) is 26.0 Å². The molecule has 0 aromatic rings. The van der Waals surface area contributed by atoms with Crippen molar-refractivity contribution < 1.29 is 4.74 Å². The first-order valence-electron chi connectivity index (χ1n) is 4.94. The molecule has 1 N–H and O–H groups in total. The van der Waals surface area contributed by atoms with Crippen LogP contribution >= 0.6 is 0 Å². The maximum absolute atomic E-state index is 8.34. The molecule has 0 fully saturated rings. The molecule has 0 radical (unpaired) electrons. The molecule has 0 heterocycles. The first-order valence-corrected chi connectivity index (χ1v) is 4.94. The molecule has 0 aliphatic rings. The Bertz CT molecular complexity index is 136. The molecule has 0 aliphatic carbocycles. The lowest BCUT2D eigenvalue weighted by Crippen LogP contribution is -2.33. The zero-order chi connectivity index (χ0) is 9.94. The summed E-state index contributed by atoms with van der Waals surface area (Å²) in [6.07, 6.45) is 3.87. The second kappa shape index (κ2) is 9.50. The number of nitrogens with one attached hydrogen (secondary N) is 1. The zero-order valence-electron chi connectivity index (χ0n) is 8.68. The van der Waals surface area contributed by atoms with Gasteiger partial charge in [-0.3, -0.25) is 0 Å². The summed E-state index contributed by atoms with van der Waals surface area (Å²) in [4.78, 5) is 0. The third-order valence-electron chi connectivity index (χ3n) is 1.90. The fourth-order valence-electron chi connectivity index (χ4n) is 1.27. The second-order valence-corrected chi connectivity index (χ2v) is 3.16. The van der Waals surface area contributed by atoms with Crippen LogP contribution in [-0.4, -0.2) is 26.3 Å². The van der Waals surface area contributed by atoms with Crippen LogP contribution in [0.5, 0.6) is 0 Å². The summed E-state index contributed by atoms with van der Waals surface area (Å²) >= 11 is 0. The number of hydrogen-bond acceptors (Lipinski definition) is 3. The Morgan fingerprint density at radius 1 is 1.54 bits per heavy atom. The van der Waals surface area contributed by atoms with Gasteiger partial charge in [0, 0.05) is 19.6 Å². The highest BCUT2D eigenvalue weighted by molar-refractivity contribution is 4.71. The van der Waals surface area contributed by atoms with Crippen LogP contribution in [0.3, 0.4) is 0 Å². The number of hydrogen-bond donors (Lipinski definition) is 1. The third-order valence-corrected chi connectivity index (χ3v) is 1.90. The topological polar surface area (TPSA) is 45.0 Å². The van der Waals surface area contributed by atoms with E-state index in [0.29, 0.717) is 12.5 Å². The van der Waals surface area contributed by atoms with Gasteiger partial charge in [-0.2, -0.15) is 5.26 Å². The monoisotopic (exact) mass is 184 g/mol. The molecule has 1 unspecified atom stereocenters. The van der Waals surface area contributed by atoms with Gasteiger partial charge in [0.05, 0.1) is 12.7 Å². The molecule has 0 aromatic carbocycles. The zero-order valence-corrected chi connectivity index (χ0v) is 8.68. The minimum absolute atomic E-state index is 0.452. The van der Waals surface area contributed by atoms with Crippen molar-refractivity contribution in [3.8, 4) is 6.07 Å². The summed E-state index contributed by atoms with van der Waals surface area (Å²) < 4.78 is 5.09. The summed E-state index contributed by atoms with van der Waals surface area (Å²) in [5, 5.41) is 11.7. The van der Waals surface area contributed by atoms with Gasteiger partial charge in [-0.25, -0.2) is 0 Å². The summed E-state index contributed by atoms with van der Waals surface area (Å²) in [6, 6.07) is 2.59. The molecule has 0 saturated heterocycles. The van der Waals surface area contributed by atoms with Crippen molar-refractivity contribution in [3.63, 3.8) is 0 Å². The average molecular weight is 184 g/mol. The van der Waals surface area contributed by atoms with Crippen molar-refractivity contribution in [1.29, 1.82) is 5.26 Å². The molecule has 0 aliphatic heterocycles. The van der Waals surface area contributed by atoms with Crippen LogP contribution in [0, 0.1) is 11.3 Å². The summed E-state index contributed by atoms with van der Waals surface area (Å²) in [7, 11) is 1.72. The van der Waals surface area contributed by atoms with Crippen LogP contribution in [0.25, 0.3) is 0 Å². The Balaban J connectivity index is 3.39. The van der Waals surface area contributed by atoms with Gasteiger partial charge in [0.15, 0.2) is 0 Å². The van der Waals surface area contributed by atoms with E-state index in [4.69, 9.17) is 10.00 Å². The van der Waals surface area contributed by atoms with E-state index < -0.39 is 0 Å². The first kappa shape index (κ1) is 12.4. The van der Waals surface area contributed by atoms with Crippen LogP contribution < -0.4 is 5.32 Å². The average Bonchev–Trinajstić information content (AvgIpc) is 2.13. The minimum Gasteiger partial charge on any atom is -0.383 e. The highest BCUT2D eigenvalue weighted by Gasteiger charge is 2.04. The fourth-order valence-corrected chi connectivity index (χ4v) is 1.27. The Morgan fingerprint density at radius 3 is 2.85 bits per heavy atom. The quantitative estimate of drug-likeness (QED) is 0.584. The van der Waals surface area contributed by atoms with E-state index in [1.807, 2.05) is 0 Å². The number of nitrogens with zero attached hydrogens (tertiary/aromatic N) is 1. The van der Waals surface area contributed by atoms with Gasteiger partial charge < -0.3 is 10.1 Å². The molecule has 76 valence electrons. The van der Waals surface area contributed by atoms with E-state index in [1.165, 1.54) is 6.42 Å². The molecule has 0 amide bonds. The van der Waals surface area contributed by atoms with E-state index in [-0.39, 0.29) is 0 Å². The van der Waals surface area contributed by atoms with Gasteiger partial charge in [-0.05, 0) is 19.4 Å². The number of methoxy groups -OCH3 is 1. The summed E-state index contributed by atoms with van der Waals surface area (Å²) in [5.41, 5.74) is 0. The lowest BCUT2D eigenvalue weighted by atomic mass is 10.2. The maximum atomic E-state index is 8.34. The van der Waals surface area contributed by atoms with Crippen LogP contribution in [0.4, 0.5) is 0 Å². The van der Waals surface area contributed by atoms with Crippen molar-refractivity contribution in [2.75, 3.05) is 20.3 Å².